The molecule has 1 aromatic carbocycles. The van der Waals surface area contributed by atoms with Crippen molar-refractivity contribution in [3.8, 4) is 11.1 Å². The van der Waals surface area contributed by atoms with Gasteiger partial charge < -0.3 is 15.5 Å². The van der Waals surface area contributed by atoms with Crippen molar-refractivity contribution < 1.29 is 15.0 Å². The number of rotatable bonds is 6. The van der Waals surface area contributed by atoms with Crippen LogP contribution in [0.3, 0.4) is 0 Å². The predicted molar refractivity (Wildman–Crippen MR) is 127 cm³/mol. The molecule has 1 saturated carbocycles. The molecule has 3 aromatic rings. The zero-order valence-electron chi connectivity index (χ0n) is 19.2. The third kappa shape index (κ3) is 5.20. The van der Waals surface area contributed by atoms with E-state index in [-0.39, 0.29) is 11.8 Å². The first-order valence-electron chi connectivity index (χ1n) is 11.3. The maximum atomic E-state index is 11.2. The number of carboxylic acids is 1. The van der Waals surface area contributed by atoms with Crippen LogP contribution in [0.1, 0.15) is 49.6 Å². The summed E-state index contributed by atoms with van der Waals surface area (Å²) in [5.74, 6) is -0.498. The monoisotopic (exact) mass is 446 g/mol. The molecule has 1 aliphatic rings. The lowest BCUT2D eigenvalue weighted by atomic mass is 9.73. The SMILES string of the molecule is Cc1cc(Nc2nccc(C)n2)cc(-c2ccc(C(C)(O)[C@H]3CC[C@H](C(=O)O)CC3)nc2)c1. The van der Waals surface area contributed by atoms with Crippen LogP contribution in [0.5, 0.6) is 0 Å². The molecule has 0 aliphatic heterocycles. The Morgan fingerprint density at radius 1 is 1.03 bits per heavy atom. The standard InChI is InChI=1S/C26H30N4O3/c1-16-12-20(14-22(13-16)30-25-27-11-10-17(2)29-25)19-6-9-23(28-15-19)26(3,33)21-7-4-18(5-8-21)24(31)32/h6,9-15,18,21,33H,4-5,7-8H2,1-3H3,(H,31,32)(H,27,29,30)/t18-,21-,26?. The van der Waals surface area contributed by atoms with Gasteiger partial charge in [0.15, 0.2) is 0 Å². The molecule has 1 fully saturated rings. The van der Waals surface area contributed by atoms with Crippen LogP contribution in [0.15, 0.2) is 48.8 Å². The van der Waals surface area contributed by atoms with Crippen LogP contribution in [0, 0.1) is 25.7 Å². The van der Waals surface area contributed by atoms with E-state index >= 15 is 0 Å². The lowest BCUT2D eigenvalue weighted by Gasteiger charge is -2.36. The summed E-state index contributed by atoms with van der Waals surface area (Å²) in [4.78, 5) is 24.5. The van der Waals surface area contributed by atoms with Crippen LogP contribution in [0.4, 0.5) is 11.6 Å². The number of benzene rings is 1. The molecule has 1 atom stereocenters. The van der Waals surface area contributed by atoms with Gasteiger partial charge in [0, 0.05) is 29.3 Å². The molecule has 2 aromatic heterocycles. The highest BCUT2D eigenvalue weighted by Gasteiger charge is 2.38. The van der Waals surface area contributed by atoms with Gasteiger partial charge in [0.05, 0.1) is 11.6 Å². The number of aliphatic hydroxyl groups is 1. The molecule has 0 amide bonds. The van der Waals surface area contributed by atoms with Gasteiger partial charge in [0.25, 0.3) is 0 Å². The van der Waals surface area contributed by atoms with E-state index in [0.717, 1.165) is 28.1 Å². The minimum Gasteiger partial charge on any atom is -0.481 e. The first kappa shape index (κ1) is 22.9. The normalized spacial score (nSPS) is 20.1. The smallest absolute Gasteiger partial charge is 0.306 e. The fourth-order valence-corrected chi connectivity index (χ4v) is 4.64. The summed E-state index contributed by atoms with van der Waals surface area (Å²) in [6, 6.07) is 11.9. The summed E-state index contributed by atoms with van der Waals surface area (Å²) < 4.78 is 0. The van der Waals surface area contributed by atoms with Crippen LogP contribution in [-0.4, -0.2) is 31.1 Å². The van der Waals surface area contributed by atoms with E-state index in [1.165, 1.54) is 0 Å². The van der Waals surface area contributed by atoms with Gasteiger partial charge in [0.2, 0.25) is 5.95 Å². The Morgan fingerprint density at radius 2 is 1.79 bits per heavy atom. The molecule has 0 saturated heterocycles. The van der Waals surface area contributed by atoms with E-state index in [1.54, 1.807) is 19.3 Å². The van der Waals surface area contributed by atoms with Crippen molar-refractivity contribution in [3.63, 3.8) is 0 Å². The molecular formula is C26H30N4O3. The number of carboxylic acid groups (broad SMARTS) is 1. The van der Waals surface area contributed by atoms with Crippen LogP contribution in [-0.2, 0) is 10.4 Å². The van der Waals surface area contributed by atoms with Gasteiger partial charge in [-0.2, -0.15) is 0 Å². The van der Waals surface area contributed by atoms with Crippen molar-refractivity contribution in [1.29, 1.82) is 0 Å². The summed E-state index contributed by atoms with van der Waals surface area (Å²) in [6.07, 6.45) is 6.07. The van der Waals surface area contributed by atoms with Crippen LogP contribution < -0.4 is 5.32 Å². The van der Waals surface area contributed by atoms with Gasteiger partial charge in [0.1, 0.15) is 5.60 Å². The summed E-state index contributed by atoms with van der Waals surface area (Å²) in [7, 11) is 0. The van der Waals surface area contributed by atoms with Gasteiger partial charge >= 0.3 is 5.97 Å². The van der Waals surface area contributed by atoms with Crippen molar-refractivity contribution in [2.75, 3.05) is 5.32 Å². The Hall–Kier alpha value is -3.32. The van der Waals surface area contributed by atoms with E-state index in [4.69, 9.17) is 0 Å². The second-order valence-corrected chi connectivity index (χ2v) is 9.20. The Kier molecular flexibility index (Phi) is 6.42. The number of nitrogens with zero attached hydrogens (tertiary/aromatic N) is 3. The summed E-state index contributed by atoms with van der Waals surface area (Å²) >= 11 is 0. The van der Waals surface area contributed by atoms with Crippen molar-refractivity contribution in [3.05, 3.63) is 65.7 Å². The van der Waals surface area contributed by atoms with E-state index in [2.05, 4.69) is 26.3 Å². The Morgan fingerprint density at radius 3 is 2.42 bits per heavy atom. The van der Waals surface area contributed by atoms with Crippen molar-refractivity contribution >= 4 is 17.6 Å². The number of hydrogen-bond donors (Lipinski definition) is 3. The molecule has 4 rings (SSSR count). The molecule has 33 heavy (non-hydrogen) atoms. The average Bonchev–Trinajstić information content (AvgIpc) is 2.79. The summed E-state index contributed by atoms with van der Waals surface area (Å²) in [5, 5.41) is 23.7. The second-order valence-electron chi connectivity index (χ2n) is 9.20. The first-order valence-corrected chi connectivity index (χ1v) is 11.3. The van der Waals surface area contributed by atoms with Crippen molar-refractivity contribution in [2.24, 2.45) is 11.8 Å². The second kappa shape index (κ2) is 9.27. The molecule has 7 heteroatoms. The molecule has 1 aliphatic carbocycles. The third-order valence-electron chi connectivity index (χ3n) is 6.62. The number of nitrogens with one attached hydrogen (secondary N) is 1. The van der Waals surface area contributed by atoms with Crippen molar-refractivity contribution in [1.82, 2.24) is 15.0 Å². The third-order valence-corrected chi connectivity index (χ3v) is 6.62. The lowest BCUT2D eigenvalue weighted by Crippen LogP contribution is -2.36. The number of aliphatic carboxylic acids is 1. The average molecular weight is 447 g/mol. The largest absolute Gasteiger partial charge is 0.481 e. The number of aromatic nitrogens is 3. The van der Waals surface area contributed by atoms with E-state index in [0.29, 0.717) is 37.3 Å². The van der Waals surface area contributed by atoms with Gasteiger partial charge in [-0.05, 0) is 87.8 Å². The Bertz CT molecular complexity index is 1140. The minimum absolute atomic E-state index is 0.00412. The number of anilines is 2. The fraction of sp³-hybridized carbons (Fsp3) is 0.385. The molecule has 1 unspecified atom stereocenters. The molecule has 2 heterocycles. The number of aryl methyl sites for hydroxylation is 2. The molecule has 0 radical (unpaired) electrons. The minimum atomic E-state index is -1.09. The highest BCUT2D eigenvalue weighted by atomic mass is 16.4. The topological polar surface area (TPSA) is 108 Å². The molecule has 7 nitrogen and oxygen atoms in total. The molecule has 0 spiro atoms. The highest BCUT2D eigenvalue weighted by molar-refractivity contribution is 5.71. The van der Waals surface area contributed by atoms with Gasteiger partial charge in [-0.15, -0.1) is 0 Å². The number of hydrogen-bond acceptors (Lipinski definition) is 6. The van der Waals surface area contributed by atoms with Crippen LogP contribution in [0.2, 0.25) is 0 Å². The van der Waals surface area contributed by atoms with Gasteiger partial charge in [-0.25, -0.2) is 9.97 Å². The quantitative estimate of drug-likeness (QED) is 0.489. The van der Waals surface area contributed by atoms with Crippen LogP contribution in [0.25, 0.3) is 11.1 Å². The number of pyridine rings is 1. The Labute approximate surface area is 194 Å². The summed E-state index contributed by atoms with van der Waals surface area (Å²) in [5.41, 5.74) is 4.35. The molecule has 3 N–H and O–H groups in total. The maximum Gasteiger partial charge on any atom is 0.306 e. The lowest BCUT2D eigenvalue weighted by molar-refractivity contribution is -0.144. The highest BCUT2D eigenvalue weighted by Crippen LogP contribution is 2.40. The zero-order chi connectivity index (χ0) is 23.6. The predicted octanol–water partition coefficient (Wildman–Crippen LogP) is 5.00. The fourth-order valence-electron chi connectivity index (χ4n) is 4.64. The van der Waals surface area contributed by atoms with Gasteiger partial charge in [-0.3, -0.25) is 9.78 Å². The Balaban J connectivity index is 1.52. The summed E-state index contributed by atoms with van der Waals surface area (Å²) in [6.45, 7) is 5.75. The van der Waals surface area contributed by atoms with E-state index in [1.807, 2.05) is 44.2 Å². The maximum absolute atomic E-state index is 11.2. The van der Waals surface area contributed by atoms with Crippen molar-refractivity contribution in [2.45, 2.75) is 52.1 Å². The zero-order valence-corrected chi connectivity index (χ0v) is 19.2. The van der Waals surface area contributed by atoms with Gasteiger partial charge in [-0.1, -0.05) is 12.1 Å². The molecule has 0 bridgehead atoms. The number of carbonyl (C=O) groups is 1. The van der Waals surface area contributed by atoms with E-state index < -0.39 is 11.6 Å². The first-order chi connectivity index (χ1) is 15.7. The molecular weight excluding hydrogens is 416 g/mol. The van der Waals surface area contributed by atoms with E-state index in [9.17, 15) is 15.0 Å². The van der Waals surface area contributed by atoms with Crippen LogP contribution >= 0.6 is 0 Å². The molecule has 172 valence electrons.